The van der Waals surface area contributed by atoms with Crippen molar-refractivity contribution >= 4 is 17.2 Å². The van der Waals surface area contributed by atoms with Crippen LogP contribution in [0, 0.1) is 6.92 Å². The summed E-state index contributed by atoms with van der Waals surface area (Å²) in [6, 6.07) is 0. The van der Waals surface area contributed by atoms with Crippen LogP contribution in [0.5, 0.6) is 0 Å². The molecule has 2 rings (SSSR count). The third-order valence-corrected chi connectivity index (χ3v) is 2.16. The molecule has 0 aliphatic carbocycles. The highest BCUT2D eigenvalue weighted by Crippen LogP contribution is 2.10. The van der Waals surface area contributed by atoms with Gasteiger partial charge in [0.25, 0.3) is 0 Å². The van der Waals surface area contributed by atoms with Crippen LogP contribution < -0.4 is 5.73 Å². The average Bonchev–Trinajstić information content (AvgIpc) is 2.64. The Kier molecular flexibility index (Phi) is 2.42. The Hall–Kier alpha value is -1.82. The Morgan fingerprint density at radius 2 is 2.00 bits per heavy atom. The summed E-state index contributed by atoms with van der Waals surface area (Å²) in [4.78, 5) is 12.6. The van der Waals surface area contributed by atoms with Crippen LogP contribution in [0.4, 0.5) is 0 Å². The van der Waals surface area contributed by atoms with E-state index in [0.29, 0.717) is 11.5 Å². The fourth-order valence-corrected chi connectivity index (χ4v) is 1.43. The lowest BCUT2D eigenvalue weighted by atomic mass is 10.4. The van der Waals surface area contributed by atoms with E-state index < -0.39 is 0 Å². The summed E-state index contributed by atoms with van der Waals surface area (Å²) in [5, 5.41) is 0. The summed E-state index contributed by atoms with van der Waals surface area (Å²) < 4.78 is 1.79. The van der Waals surface area contributed by atoms with Crippen molar-refractivity contribution in [3.63, 3.8) is 0 Å². The number of nitrogens with zero attached hydrogens (tertiary/aromatic N) is 4. The van der Waals surface area contributed by atoms with E-state index in [2.05, 4.69) is 15.0 Å². The van der Waals surface area contributed by atoms with Gasteiger partial charge in [0, 0.05) is 24.8 Å². The van der Waals surface area contributed by atoms with Crippen LogP contribution in [-0.4, -0.2) is 24.5 Å². The zero-order valence-electron chi connectivity index (χ0n) is 8.08. The molecule has 76 valence electrons. The van der Waals surface area contributed by atoms with E-state index in [1.54, 1.807) is 29.4 Å². The average molecular weight is 219 g/mol. The summed E-state index contributed by atoms with van der Waals surface area (Å²) in [6.45, 7) is 1.87. The fourth-order valence-electron chi connectivity index (χ4n) is 1.28. The maximum Gasteiger partial charge on any atom is 0.167 e. The van der Waals surface area contributed by atoms with Crippen LogP contribution in [0.15, 0.2) is 24.8 Å². The molecule has 2 heterocycles. The quantitative estimate of drug-likeness (QED) is 0.749. The molecule has 0 aliphatic rings. The van der Waals surface area contributed by atoms with Gasteiger partial charge in [0.2, 0.25) is 0 Å². The standard InChI is InChI=1S/C9H9N5S/c1-6-11-4-5-14(6)9-7(8(10)15)12-2-3-13-9/h2-5H,1H3,(H2,10,15). The van der Waals surface area contributed by atoms with E-state index in [4.69, 9.17) is 18.0 Å². The van der Waals surface area contributed by atoms with Gasteiger partial charge >= 0.3 is 0 Å². The predicted molar refractivity (Wildman–Crippen MR) is 59.8 cm³/mol. The van der Waals surface area contributed by atoms with Crippen LogP contribution in [0.1, 0.15) is 11.5 Å². The fraction of sp³-hybridized carbons (Fsp3) is 0.111. The zero-order valence-corrected chi connectivity index (χ0v) is 8.90. The number of nitrogens with two attached hydrogens (primary N) is 1. The highest BCUT2D eigenvalue weighted by Gasteiger charge is 2.10. The molecule has 15 heavy (non-hydrogen) atoms. The number of aryl methyl sites for hydroxylation is 1. The van der Waals surface area contributed by atoms with Crippen molar-refractivity contribution < 1.29 is 0 Å². The SMILES string of the molecule is Cc1nccn1-c1nccnc1C(N)=S. The van der Waals surface area contributed by atoms with Gasteiger partial charge in [0.05, 0.1) is 0 Å². The number of hydrogen-bond donors (Lipinski definition) is 1. The summed E-state index contributed by atoms with van der Waals surface area (Å²) >= 11 is 4.91. The van der Waals surface area contributed by atoms with Crippen LogP contribution in [-0.2, 0) is 0 Å². The van der Waals surface area contributed by atoms with E-state index in [9.17, 15) is 0 Å². The Balaban J connectivity index is 2.63. The Labute approximate surface area is 92.0 Å². The van der Waals surface area contributed by atoms with Crippen molar-refractivity contribution in [2.45, 2.75) is 6.92 Å². The highest BCUT2D eigenvalue weighted by molar-refractivity contribution is 7.80. The molecule has 0 saturated heterocycles. The molecule has 2 aromatic rings. The molecular weight excluding hydrogens is 210 g/mol. The largest absolute Gasteiger partial charge is 0.388 e. The minimum absolute atomic E-state index is 0.228. The Bertz CT molecular complexity index is 505. The lowest BCUT2D eigenvalue weighted by Crippen LogP contribution is -2.16. The van der Waals surface area contributed by atoms with E-state index >= 15 is 0 Å². The van der Waals surface area contributed by atoms with Gasteiger partial charge in [0.1, 0.15) is 16.5 Å². The predicted octanol–water partition coefficient (Wildman–Crippen LogP) is 0.605. The van der Waals surface area contributed by atoms with Crippen molar-refractivity contribution in [1.82, 2.24) is 19.5 Å². The van der Waals surface area contributed by atoms with Gasteiger partial charge in [-0.3, -0.25) is 4.57 Å². The van der Waals surface area contributed by atoms with Crippen molar-refractivity contribution in [1.29, 1.82) is 0 Å². The second kappa shape index (κ2) is 3.74. The Morgan fingerprint density at radius 1 is 1.27 bits per heavy atom. The molecule has 0 aliphatic heterocycles. The summed E-state index contributed by atoms with van der Waals surface area (Å²) in [5.41, 5.74) is 6.07. The van der Waals surface area contributed by atoms with Crippen LogP contribution in [0.25, 0.3) is 5.82 Å². The molecule has 5 nitrogen and oxygen atoms in total. The minimum atomic E-state index is 0.228. The van der Waals surface area contributed by atoms with Crippen LogP contribution in [0.2, 0.25) is 0 Å². The summed E-state index contributed by atoms with van der Waals surface area (Å²) in [6.07, 6.45) is 6.63. The van der Waals surface area contributed by atoms with Crippen LogP contribution in [0.3, 0.4) is 0 Å². The molecule has 0 saturated carbocycles. The second-order valence-corrected chi connectivity index (χ2v) is 3.38. The van der Waals surface area contributed by atoms with Gasteiger partial charge < -0.3 is 5.73 Å². The molecule has 0 bridgehead atoms. The smallest absolute Gasteiger partial charge is 0.167 e. The first-order valence-electron chi connectivity index (χ1n) is 4.31. The monoisotopic (exact) mass is 219 g/mol. The van der Waals surface area contributed by atoms with Crippen molar-refractivity contribution in [3.05, 3.63) is 36.3 Å². The molecule has 0 aromatic carbocycles. The third kappa shape index (κ3) is 1.71. The van der Waals surface area contributed by atoms with Crippen molar-refractivity contribution in [2.75, 3.05) is 0 Å². The summed E-state index contributed by atoms with van der Waals surface area (Å²) in [7, 11) is 0. The van der Waals surface area contributed by atoms with Gasteiger partial charge in [-0.25, -0.2) is 15.0 Å². The molecule has 0 spiro atoms. The lowest BCUT2D eigenvalue weighted by Gasteiger charge is -2.07. The molecule has 0 radical (unpaired) electrons. The molecule has 6 heteroatoms. The maximum atomic E-state index is 5.57. The van der Waals surface area contributed by atoms with Gasteiger partial charge in [-0.15, -0.1) is 0 Å². The number of aromatic nitrogens is 4. The second-order valence-electron chi connectivity index (χ2n) is 2.94. The van der Waals surface area contributed by atoms with Gasteiger partial charge in [-0.2, -0.15) is 0 Å². The van der Waals surface area contributed by atoms with Crippen LogP contribution >= 0.6 is 12.2 Å². The third-order valence-electron chi connectivity index (χ3n) is 1.97. The molecule has 0 fully saturated rings. The lowest BCUT2D eigenvalue weighted by molar-refractivity contribution is 0.914. The molecule has 0 amide bonds. The molecule has 0 unspecified atom stereocenters. The first-order chi connectivity index (χ1) is 7.20. The zero-order chi connectivity index (χ0) is 10.8. The van der Waals surface area contributed by atoms with E-state index in [0.717, 1.165) is 5.82 Å². The molecule has 2 N–H and O–H groups in total. The van der Waals surface area contributed by atoms with Gasteiger partial charge in [0.15, 0.2) is 5.82 Å². The topological polar surface area (TPSA) is 69.6 Å². The number of rotatable bonds is 2. The minimum Gasteiger partial charge on any atom is -0.388 e. The van der Waals surface area contributed by atoms with Gasteiger partial charge in [-0.1, -0.05) is 12.2 Å². The first-order valence-corrected chi connectivity index (χ1v) is 4.72. The maximum absolute atomic E-state index is 5.57. The first kappa shape index (κ1) is 9.72. The van der Waals surface area contributed by atoms with Gasteiger partial charge in [-0.05, 0) is 6.92 Å². The highest BCUT2D eigenvalue weighted by atomic mass is 32.1. The number of thiocarbonyl (C=S) groups is 1. The van der Waals surface area contributed by atoms with E-state index in [1.807, 2.05) is 6.92 Å². The Morgan fingerprint density at radius 3 is 2.60 bits per heavy atom. The van der Waals surface area contributed by atoms with E-state index in [1.165, 1.54) is 0 Å². The van der Waals surface area contributed by atoms with Crippen molar-refractivity contribution in [2.24, 2.45) is 5.73 Å². The van der Waals surface area contributed by atoms with Crippen molar-refractivity contribution in [3.8, 4) is 5.82 Å². The molecule has 2 aromatic heterocycles. The molecule has 0 atom stereocenters. The normalized spacial score (nSPS) is 10.2. The molecular formula is C9H9N5S. The number of hydrogen-bond acceptors (Lipinski definition) is 4. The van der Waals surface area contributed by atoms with E-state index in [-0.39, 0.29) is 4.99 Å². The summed E-state index contributed by atoms with van der Waals surface area (Å²) in [5.74, 6) is 1.42. The number of imidazole rings is 1.